The van der Waals surface area contributed by atoms with E-state index >= 15 is 0 Å². The van der Waals surface area contributed by atoms with Crippen LogP contribution in [0.15, 0.2) is 103 Å². The van der Waals surface area contributed by atoms with Gasteiger partial charge in [-0.1, -0.05) is 58.6 Å². The molecule has 0 aliphatic heterocycles. The summed E-state index contributed by atoms with van der Waals surface area (Å²) in [5.41, 5.74) is 8.06. The third-order valence-corrected chi connectivity index (χ3v) is 18.2. The SMILES string of the molecule is CC(C)(C)OC(=O)NS(=O)(=O)NCC(O)CSc1nonc1-c1noc(=O)n1[C@H]1Cc2ccc(F)cc21.NS(=O)(=O)NC[C@@H](O)CSc1nonc1C(=N[C@H]1Cc2ccc(F)cc21)NO.NS(=O)(=O)NC[C@H](O)CSc1nonc1C(=N[C@H]1Cc2ccc(F)cc21)NO. The number of nitrogens with two attached hydrogens (primary N) is 2. The summed E-state index contributed by atoms with van der Waals surface area (Å²) in [4.78, 5) is 32.7. The Morgan fingerprint density at radius 2 is 1.06 bits per heavy atom. The Morgan fingerprint density at radius 3 is 1.52 bits per heavy atom. The number of nitrogens with one attached hydrogen (secondary N) is 6. The van der Waals surface area contributed by atoms with Crippen LogP contribution in [-0.4, -0.2) is 170 Å². The molecule has 4 heterocycles. The number of rotatable bonds is 25. The van der Waals surface area contributed by atoms with Crippen molar-refractivity contribution in [3.05, 3.63) is 127 Å². The van der Waals surface area contributed by atoms with Crippen LogP contribution >= 0.6 is 35.3 Å². The maximum atomic E-state index is 13.7. The first kappa shape index (κ1) is 71.4. The van der Waals surface area contributed by atoms with Crippen LogP contribution in [0.25, 0.3) is 11.5 Å². The van der Waals surface area contributed by atoms with Crippen molar-refractivity contribution in [2.45, 2.75) is 97.2 Å². The number of hydrogen-bond donors (Lipinski definition) is 13. The molecule has 15 N–H and O–H groups in total. The molecule has 0 bridgehead atoms. The highest BCUT2D eigenvalue weighted by atomic mass is 32.2. The van der Waals surface area contributed by atoms with E-state index in [4.69, 9.17) is 24.2 Å². The lowest BCUT2D eigenvalue weighted by molar-refractivity contribution is 0.0569. The van der Waals surface area contributed by atoms with Crippen molar-refractivity contribution < 1.29 is 92.1 Å². The Morgan fingerprint density at radius 1 is 0.645 bits per heavy atom. The summed E-state index contributed by atoms with van der Waals surface area (Å²) in [6.45, 7) is 3.72. The highest BCUT2D eigenvalue weighted by molar-refractivity contribution is 7.99. The maximum absolute atomic E-state index is 13.7. The fraction of sp³-hybridized carbons (Fsp3) is 0.396. The average molecular weight is 1420 g/mol. The fourth-order valence-electron chi connectivity index (χ4n) is 8.52. The standard InChI is InChI=1S/C20H23FN6O8S2.2C14H17FN6O5S2/c1-20(2,3)33-18(29)26-37(31,32)22-8-12(28)9-36-17-15(23-35-25-17)16-24-34-19(30)27(16)14-6-10-4-5-11(21)7-13(10)14;2*15-8-2-1-7-3-11(10(7)4-8)18-13(19-23)12-14(21-26-20-12)27-6-9(22)5-17-28(16,24)25/h4-5,7,12,14,22,28H,6,8-9H2,1-3H3,(H,26,29);2*1-2,4,9,11,17,22-23H,3,5-6H2,(H,18,19)(H2,16,24,25)/t12?,14-;9-,11+;9-,11-/m010/s1. The number of hydroxylamine groups is 2. The van der Waals surface area contributed by atoms with E-state index in [2.05, 4.69) is 55.3 Å². The second-order valence-electron chi connectivity index (χ2n) is 20.9. The molecule has 1 unspecified atom stereocenters. The molecule has 6 atom stereocenters. The molecule has 0 saturated heterocycles. The van der Waals surface area contributed by atoms with Crippen LogP contribution in [0.2, 0.25) is 0 Å². The van der Waals surface area contributed by atoms with E-state index in [1.54, 1.807) is 43.7 Å². The number of ether oxygens (including phenoxy) is 1. The van der Waals surface area contributed by atoms with Gasteiger partial charge in [0.25, 0.3) is 20.4 Å². The van der Waals surface area contributed by atoms with Crippen molar-refractivity contribution in [1.29, 1.82) is 0 Å². The van der Waals surface area contributed by atoms with Crippen LogP contribution in [0.4, 0.5) is 18.0 Å². The van der Waals surface area contributed by atoms with Gasteiger partial charge in [0, 0.05) is 36.9 Å². The van der Waals surface area contributed by atoms with Crippen LogP contribution in [0.3, 0.4) is 0 Å². The summed E-state index contributed by atoms with van der Waals surface area (Å²) in [7, 11) is -12.1. The fourth-order valence-corrected chi connectivity index (χ4v) is 12.6. The minimum Gasteiger partial charge on any atom is -0.443 e. The second-order valence-corrected chi connectivity index (χ2v) is 28.2. The van der Waals surface area contributed by atoms with Crippen LogP contribution in [-0.2, 0) is 54.6 Å². The maximum Gasteiger partial charge on any atom is 0.442 e. The number of hydrogen-bond acceptors (Lipinski definition) is 30. The van der Waals surface area contributed by atoms with Gasteiger partial charge in [-0.3, -0.25) is 35.9 Å². The van der Waals surface area contributed by atoms with Gasteiger partial charge in [-0.2, -0.15) is 39.4 Å². The molecule has 45 heteroatoms. The van der Waals surface area contributed by atoms with E-state index in [-0.39, 0.29) is 104 Å². The summed E-state index contributed by atoms with van der Waals surface area (Å²) in [5, 5.41) is 84.9. The van der Waals surface area contributed by atoms with Crippen molar-refractivity contribution in [2.75, 3.05) is 36.9 Å². The van der Waals surface area contributed by atoms with Gasteiger partial charge >= 0.3 is 22.1 Å². The number of aliphatic hydroxyl groups excluding tert-OH is 3. The van der Waals surface area contributed by atoms with Gasteiger partial charge in [0.1, 0.15) is 23.1 Å². The smallest absolute Gasteiger partial charge is 0.442 e. The van der Waals surface area contributed by atoms with Gasteiger partial charge in [-0.25, -0.2) is 56.2 Å². The zero-order valence-electron chi connectivity index (χ0n) is 48.3. The summed E-state index contributed by atoms with van der Waals surface area (Å²) in [6, 6.07) is 11.9. The van der Waals surface area contributed by atoms with Gasteiger partial charge in [0.15, 0.2) is 43.8 Å². The van der Waals surface area contributed by atoms with Crippen LogP contribution < -0.4 is 45.9 Å². The zero-order valence-corrected chi connectivity index (χ0v) is 53.2. The van der Waals surface area contributed by atoms with Crippen molar-refractivity contribution in [3.8, 4) is 11.5 Å². The molecule has 1 amide bonds. The van der Waals surface area contributed by atoms with Crippen molar-refractivity contribution >= 4 is 83.7 Å². The lowest BCUT2D eigenvalue weighted by Gasteiger charge is -2.30. The quantitative estimate of drug-likeness (QED) is 0.0154. The first-order chi connectivity index (χ1) is 43.9. The number of aliphatic hydroxyl groups is 3. The Kier molecular flexibility index (Phi) is 23.6. The number of amides is 1. The summed E-state index contributed by atoms with van der Waals surface area (Å²) >= 11 is 2.97. The number of carbonyl (C=O) groups excluding carboxylic acids is 1. The van der Waals surface area contributed by atoms with Crippen molar-refractivity contribution in [3.63, 3.8) is 0 Å². The van der Waals surface area contributed by atoms with E-state index in [0.717, 1.165) is 52.0 Å². The Labute approximate surface area is 536 Å². The predicted octanol–water partition coefficient (Wildman–Crippen LogP) is -0.0618. The Bertz CT molecular complexity index is 4110. The lowest BCUT2D eigenvalue weighted by Crippen LogP contribution is -2.45. The van der Waals surface area contributed by atoms with E-state index < -0.39 is 84.8 Å². The van der Waals surface area contributed by atoms with Gasteiger partial charge in [0.05, 0.1) is 36.4 Å². The number of amidine groups is 2. The van der Waals surface area contributed by atoms with Gasteiger partial charge in [-0.05, 0) is 141 Å². The molecule has 0 saturated carbocycles. The van der Waals surface area contributed by atoms with Gasteiger partial charge in [0.2, 0.25) is 5.82 Å². The Hall–Kier alpha value is -7.48. The molecule has 3 aliphatic rings. The zero-order chi connectivity index (χ0) is 67.6. The topological polar surface area (TPSA) is 544 Å². The summed E-state index contributed by atoms with van der Waals surface area (Å²) < 4.78 is 141. The lowest BCUT2D eigenvalue weighted by atomic mass is 9.83. The molecule has 36 nitrogen and oxygen atoms in total. The average Bonchev–Trinajstić information content (AvgIpc) is 1.48. The molecule has 0 spiro atoms. The minimum absolute atomic E-state index is 0.00501. The molecule has 504 valence electrons. The number of aliphatic imine (C=N–C) groups is 2. The van der Waals surface area contributed by atoms with E-state index in [0.29, 0.717) is 36.0 Å². The molecule has 7 aromatic rings. The summed E-state index contributed by atoms with van der Waals surface area (Å²) in [5.74, 6) is -2.01. The number of aromatic nitrogens is 8. The van der Waals surface area contributed by atoms with Gasteiger partial charge in [-0.15, -0.1) is 0 Å². The number of carbonyl (C=O) groups is 1. The number of nitrogens with zero attached hydrogens (tertiary/aromatic N) is 10. The number of halogens is 3. The third-order valence-electron chi connectivity index (χ3n) is 12.8. The second kappa shape index (κ2) is 30.7. The molecule has 10 rings (SSSR count). The van der Waals surface area contributed by atoms with Crippen LogP contribution in [0.5, 0.6) is 0 Å². The first-order valence-corrected chi connectivity index (χ1v) is 34.2. The molecule has 0 radical (unpaired) electrons. The monoisotopic (exact) mass is 1420 g/mol. The van der Waals surface area contributed by atoms with Crippen LogP contribution in [0, 0.1) is 17.5 Å². The van der Waals surface area contributed by atoms with Gasteiger partial charge < -0.3 is 20.1 Å². The molecule has 4 aromatic heterocycles. The van der Waals surface area contributed by atoms with E-state index in [1.165, 1.54) is 41.0 Å². The highest BCUT2D eigenvalue weighted by Crippen LogP contribution is 2.40. The number of benzene rings is 3. The minimum atomic E-state index is -4.29. The number of fused-ring (bicyclic) bond motifs is 3. The van der Waals surface area contributed by atoms with Crippen molar-refractivity contribution in [1.82, 2.24) is 70.5 Å². The van der Waals surface area contributed by atoms with Crippen molar-refractivity contribution in [2.24, 2.45) is 20.3 Å². The molecular weight excluding hydrogens is 1370 g/mol. The normalized spacial score (nSPS) is 17.1. The highest BCUT2D eigenvalue weighted by Gasteiger charge is 2.36. The molecular formula is C48H57F3N18O18S6. The van der Waals surface area contributed by atoms with E-state index in [9.17, 15) is 73.7 Å². The molecule has 93 heavy (non-hydrogen) atoms. The molecule has 3 aliphatic carbocycles. The largest absolute Gasteiger partial charge is 0.443 e. The van der Waals surface area contributed by atoms with E-state index in [1.807, 2.05) is 25.1 Å². The third kappa shape index (κ3) is 20.0. The first-order valence-electron chi connectivity index (χ1n) is 26.7. The number of thioether (sulfide) groups is 3. The Balaban J connectivity index is 0.000000182. The predicted molar refractivity (Wildman–Crippen MR) is 318 cm³/mol. The summed E-state index contributed by atoms with van der Waals surface area (Å²) in [6.07, 6.45) is -2.90. The van der Waals surface area contributed by atoms with Crippen LogP contribution in [0.1, 0.15) is 83.7 Å². The molecule has 3 aromatic carbocycles. The molecule has 0 fully saturated rings.